The van der Waals surface area contributed by atoms with Crippen molar-refractivity contribution in [1.82, 2.24) is 0 Å². The van der Waals surface area contributed by atoms with Crippen LogP contribution in [0.2, 0.25) is 0 Å². The van der Waals surface area contributed by atoms with Crippen molar-refractivity contribution < 1.29 is 22.3 Å². The van der Waals surface area contributed by atoms with Crippen molar-refractivity contribution >= 4 is 0 Å². The van der Waals surface area contributed by atoms with Gasteiger partial charge in [-0.05, 0) is 61.3 Å². The average molecular weight is 401 g/mol. The first-order valence-corrected chi connectivity index (χ1v) is 10.6. The van der Waals surface area contributed by atoms with E-state index in [2.05, 4.69) is 6.92 Å². The Labute approximate surface area is 166 Å². The average Bonchev–Trinajstić information content (AvgIpc) is 2.66. The molecule has 0 atom stereocenters. The van der Waals surface area contributed by atoms with Crippen LogP contribution < -0.4 is 4.74 Å². The molecule has 0 unspecified atom stereocenters. The highest BCUT2D eigenvalue weighted by atomic mass is 19.4. The summed E-state index contributed by atoms with van der Waals surface area (Å²) < 4.78 is 55.5. The molecule has 0 amide bonds. The minimum atomic E-state index is -4.37. The van der Waals surface area contributed by atoms with E-state index in [0.29, 0.717) is 5.92 Å². The fourth-order valence-electron chi connectivity index (χ4n) is 4.03. The topological polar surface area (TPSA) is 9.23 Å². The van der Waals surface area contributed by atoms with Crippen molar-refractivity contribution in [2.24, 2.45) is 5.92 Å². The molecule has 158 valence electrons. The minimum Gasteiger partial charge on any atom is -0.486 e. The van der Waals surface area contributed by atoms with Gasteiger partial charge in [0.25, 0.3) is 0 Å². The van der Waals surface area contributed by atoms with Crippen molar-refractivity contribution in [2.75, 3.05) is 6.61 Å². The molecule has 2 rings (SSSR count). The van der Waals surface area contributed by atoms with E-state index in [0.717, 1.165) is 30.4 Å². The molecule has 0 aliphatic heterocycles. The zero-order valence-corrected chi connectivity index (χ0v) is 16.7. The fraction of sp³-hybridized carbons (Fsp3) is 0.652. The van der Waals surface area contributed by atoms with E-state index in [1.807, 2.05) is 6.07 Å². The van der Waals surface area contributed by atoms with Crippen LogP contribution in [0.3, 0.4) is 0 Å². The maximum atomic E-state index is 14.2. The second-order valence-corrected chi connectivity index (χ2v) is 7.87. The number of rotatable bonds is 10. The third kappa shape index (κ3) is 8.24. The zero-order valence-electron chi connectivity index (χ0n) is 16.7. The maximum absolute atomic E-state index is 14.2. The molecule has 0 N–H and O–H groups in total. The van der Waals surface area contributed by atoms with Crippen molar-refractivity contribution in [3.8, 4) is 5.75 Å². The van der Waals surface area contributed by atoms with Gasteiger partial charge >= 0.3 is 6.18 Å². The van der Waals surface area contributed by atoms with E-state index in [9.17, 15) is 17.6 Å². The predicted octanol–water partition coefficient (Wildman–Crippen LogP) is 7.96. The summed E-state index contributed by atoms with van der Waals surface area (Å²) >= 11 is 0. The maximum Gasteiger partial charge on any atom is 0.409 e. The quantitative estimate of drug-likeness (QED) is 0.220. The Morgan fingerprint density at radius 1 is 1.04 bits per heavy atom. The van der Waals surface area contributed by atoms with Gasteiger partial charge in [0, 0.05) is 6.08 Å². The van der Waals surface area contributed by atoms with E-state index < -0.39 is 12.0 Å². The Bertz CT molecular complexity index is 601. The molecule has 5 heteroatoms. The van der Waals surface area contributed by atoms with Gasteiger partial charge in [-0.1, -0.05) is 51.5 Å². The minimum absolute atomic E-state index is 0.00339. The van der Waals surface area contributed by atoms with Gasteiger partial charge < -0.3 is 4.74 Å². The molecule has 0 bridgehead atoms. The molecule has 0 spiro atoms. The van der Waals surface area contributed by atoms with Crippen LogP contribution in [-0.4, -0.2) is 12.8 Å². The Kier molecular flexibility index (Phi) is 9.33. The monoisotopic (exact) mass is 400 g/mol. The lowest BCUT2D eigenvalue weighted by atomic mass is 9.77. The summed E-state index contributed by atoms with van der Waals surface area (Å²) in [5.41, 5.74) is 0.970. The second-order valence-electron chi connectivity index (χ2n) is 7.87. The van der Waals surface area contributed by atoms with E-state index >= 15 is 0 Å². The lowest BCUT2D eigenvalue weighted by molar-refractivity contribution is -0.0801. The van der Waals surface area contributed by atoms with Gasteiger partial charge in [0.2, 0.25) is 0 Å². The molecule has 0 radical (unpaired) electrons. The van der Waals surface area contributed by atoms with Crippen LogP contribution in [0.25, 0.3) is 0 Å². The standard InChI is InChI=1S/C23H32F4O/c1-2-3-4-5-6-8-18-9-11-19(12-10-18)20-13-14-22(21(24)17-20)28-16-7-15-23(25,26)27/h7,13-15,17-19H,2-6,8-12,16H2,1H3/t18-,19-. The predicted molar refractivity (Wildman–Crippen MR) is 105 cm³/mol. The molecule has 0 heterocycles. The second kappa shape index (κ2) is 11.5. The number of hydrogen-bond acceptors (Lipinski definition) is 1. The summed E-state index contributed by atoms with van der Waals surface area (Å²) in [6.07, 6.45) is 9.01. The lowest BCUT2D eigenvalue weighted by Crippen LogP contribution is -2.13. The summed E-state index contributed by atoms with van der Waals surface area (Å²) in [4.78, 5) is 0. The molecule has 28 heavy (non-hydrogen) atoms. The summed E-state index contributed by atoms with van der Waals surface area (Å²) in [5, 5.41) is 0. The highest BCUT2D eigenvalue weighted by Gasteiger charge is 2.23. The lowest BCUT2D eigenvalue weighted by Gasteiger charge is -2.29. The van der Waals surface area contributed by atoms with Gasteiger partial charge in [-0.25, -0.2) is 4.39 Å². The number of halogens is 4. The Balaban J connectivity index is 1.76. The third-order valence-corrected chi connectivity index (χ3v) is 5.63. The van der Waals surface area contributed by atoms with Gasteiger partial charge in [0.05, 0.1) is 0 Å². The van der Waals surface area contributed by atoms with Crippen molar-refractivity contribution in [3.63, 3.8) is 0 Å². The Morgan fingerprint density at radius 3 is 2.39 bits per heavy atom. The smallest absolute Gasteiger partial charge is 0.409 e. The number of benzene rings is 1. The molecule has 1 aromatic rings. The van der Waals surface area contributed by atoms with Crippen LogP contribution in [0.15, 0.2) is 30.4 Å². The van der Waals surface area contributed by atoms with Gasteiger partial charge in [0.1, 0.15) is 6.61 Å². The Morgan fingerprint density at radius 2 is 1.75 bits per heavy atom. The highest BCUT2D eigenvalue weighted by molar-refractivity contribution is 5.31. The van der Waals surface area contributed by atoms with E-state index in [1.54, 1.807) is 0 Å². The normalized spacial score (nSPS) is 20.6. The molecule has 1 saturated carbocycles. The number of ether oxygens (including phenoxy) is 1. The summed E-state index contributed by atoms with van der Waals surface area (Å²) in [6, 6.07) is 4.87. The number of alkyl halides is 3. The SMILES string of the molecule is CCCCCCC[C@H]1CC[C@H](c2ccc(OCC=CC(F)(F)F)c(F)c2)CC1. The molecule has 0 saturated heterocycles. The van der Waals surface area contributed by atoms with Gasteiger partial charge in [-0.15, -0.1) is 0 Å². The van der Waals surface area contributed by atoms with Crippen LogP contribution in [0.4, 0.5) is 17.6 Å². The van der Waals surface area contributed by atoms with Crippen LogP contribution in [0.5, 0.6) is 5.75 Å². The molecular formula is C23H32F4O. The van der Waals surface area contributed by atoms with E-state index in [1.165, 1.54) is 63.5 Å². The van der Waals surface area contributed by atoms with Crippen LogP contribution >= 0.6 is 0 Å². The molecule has 1 aromatic carbocycles. The first-order chi connectivity index (χ1) is 13.4. The first kappa shape index (κ1) is 22.8. The first-order valence-electron chi connectivity index (χ1n) is 10.6. The van der Waals surface area contributed by atoms with Crippen molar-refractivity contribution in [3.05, 3.63) is 41.7 Å². The molecule has 1 aliphatic carbocycles. The van der Waals surface area contributed by atoms with Crippen LogP contribution in [0.1, 0.15) is 82.6 Å². The molecule has 1 nitrogen and oxygen atoms in total. The van der Waals surface area contributed by atoms with Gasteiger partial charge in [-0.3, -0.25) is 0 Å². The zero-order chi connectivity index (χ0) is 20.4. The summed E-state index contributed by atoms with van der Waals surface area (Å²) in [7, 11) is 0. The summed E-state index contributed by atoms with van der Waals surface area (Å²) in [6.45, 7) is 1.92. The number of allylic oxidation sites excluding steroid dienone is 1. The number of hydrogen-bond donors (Lipinski definition) is 0. The number of unbranched alkanes of at least 4 members (excludes halogenated alkanes) is 4. The van der Waals surface area contributed by atoms with Gasteiger partial charge in [0.15, 0.2) is 11.6 Å². The van der Waals surface area contributed by atoms with E-state index in [-0.39, 0.29) is 18.4 Å². The van der Waals surface area contributed by atoms with Crippen LogP contribution in [0, 0.1) is 11.7 Å². The summed E-state index contributed by atoms with van der Waals surface area (Å²) in [5.74, 6) is 0.656. The molecule has 1 fully saturated rings. The fourth-order valence-corrected chi connectivity index (χ4v) is 4.03. The third-order valence-electron chi connectivity index (χ3n) is 5.63. The van der Waals surface area contributed by atoms with Gasteiger partial charge in [-0.2, -0.15) is 13.2 Å². The Hall–Kier alpha value is -1.52. The van der Waals surface area contributed by atoms with Crippen molar-refractivity contribution in [1.29, 1.82) is 0 Å². The largest absolute Gasteiger partial charge is 0.486 e. The van der Waals surface area contributed by atoms with Crippen molar-refractivity contribution in [2.45, 2.75) is 83.2 Å². The molecule has 1 aliphatic rings. The molecular weight excluding hydrogens is 368 g/mol. The molecule has 0 aromatic heterocycles. The highest BCUT2D eigenvalue weighted by Crippen LogP contribution is 2.38. The van der Waals surface area contributed by atoms with E-state index in [4.69, 9.17) is 4.74 Å². The van der Waals surface area contributed by atoms with Crippen LogP contribution in [-0.2, 0) is 0 Å².